The number of nitrogens with zero attached hydrogens (tertiary/aromatic N) is 3. The lowest BCUT2D eigenvalue weighted by Gasteiger charge is -2.34. The predicted molar refractivity (Wildman–Crippen MR) is 273 cm³/mol. The lowest BCUT2D eigenvalue weighted by atomic mass is 10.1. The van der Waals surface area contributed by atoms with Crippen LogP contribution in [0.15, 0.2) is 249 Å². The Morgan fingerprint density at radius 2 is 0.484 bits per heavy atom. The van der Waals surface area contributed by atoms with Crippen molar-refractivity contribution in [2.24, 2.45) is 0 Å². The Bertz CT molecular complexity index is 3770. The van der Waals surface area contributed by atoms with E-state index in [4.69, 9.17) is 0 Å². The molecule has 0 radical (unpaired) electrons. The molecule has 13 aromatic rings. The summed E-state index contributed by atoms with van der Waals surface area (Å²) in [6, 6.07) is 92.2. The van der Waals surface area contributed by atoms with Gasteiger partial charge in [-0.25, -0.2) is 0 Å². The first-order chi connectivity index (χ1) is 31.8. The van der Waals surface area contributed by atoms with Crippen LogP contribution in [0.25, 0.3) is 82.5 Å². The van der Waals surface area contributed by atoms with Gasteiger partial charge in [0.2, 0.25) is 0 Å². The van der Waals surface area contributed by atoms with Crippen molar-refractivity contribution >= 4 is 94.2 Å². The molecule has 0 amide bonds. The van der Waals surface area contributed by atoms with Crippen molar-refractivity contribution in [1.82, 2.24) is 13.7 Å². The number of hydrogen-bond acceptors (Lipinski definition) is 0. The summed E-state index contributed by atoms with van der Waals surface area (Å²) in [4.78, 5) is 0. The Morgan fingerprint density at radius 1 is 0.203 bits per heavy atom. The smallest absolute Gasteiger partial charge is 0.179 e. The molecule has 0 fully saturated rings. The molecule has 0 aliphatic heterocycles. The molecule has 0 atom stereocenters. The third-order valence-corrected chi connectivity index (χ3v) is 18.4. The molecule has 0 unspecified atom stereocenters. The molecule has 0 spiro atoms. The van der Waals surface area contributed by atoms with E-state index in [0.717, 1.165) is 11.4 Å². The van der Waals surface area contributed by atoms with Crippen LogP contribution in [0.2, 0.25) is 0 Å². The van der Waals surface area contributed by atoms with E-state index in [9.17, 15) is 0 Å². The molecule has 300 valence electrons. The summed E-state index contributed by atoms with van der Waals surface area (Å²) in [7, 11) is -2.85. The van der Waals surface area contributed by atoms with Gasteiger partial charge in [-0.2, -0.15) is 0 Å². The van der Waals surface area contributed by atoms with Gasteiger partial charge in [-0.15, -0.1) is 0 Å². The van der Waals surface area contributed by atoms with Crippen molar-refractivity contribution < 1.29 is 0 Å². The minimum absolute atomic E-state index is 1.15. The molecule has 0 aliphatic carbocycles. The zero-order chi connectivity index (χ0) is 42.2. The van der Waals surface area contributed by atoms with Crippen molar-refractivity contribution in [2.75, 3.05) is 0 Å². The number of aromatic nitrogens is 3. The van der Waals surface area contributed by atoms with Crippen LogP contribution in [0.1, 0.15) is 0 Å². The first kappa shape index (κ1) is 36.5. The second-order valence-electron chi connectivity index (χ2n) is 16.8. The fourth-order valence-electron chi connectivity index (χ4n) is 10.9. The number of hydrogen-bond donors (Lipinski definition) is 0. The summed E-state index contributed by atoms with van der Waals surface area (Å²) in [6.45, 7) is 0. The van der Waals surface area contributed by atoms with E-state index in [0.29, 0.717) is 0 Å². The Hall–Kier alpha value is -8.18. The SMILES string of the molecule is c1ccc(-n2c3ccccc3c3c4c5ccccc5n(-c5ccc([Si](c6ccccc6)(c6ccccc6)c6ccc(-n7c8ccccc8c8ccccc87)cc6)cc5)c4ccc32)cc1. The summed E-state index contributed by atoms with van der Waals surface area (Å²) in [5.41, 5.74) is 10.7. The molecule has 10 aromatic carbocycles. The molecule has 64 heavy (non-hydrogen) atoms. The standard InChI is InChI=1S/C60H41N3Si/c1-4-18-42(19-5-1)62-55-30-16-12-26-51(55)59-57(62)40-41-58-60(59)52-27-13-17-31-56(52)63(58)44-34-38-48(39-35-44)64(45-20-6-2-7-21-45,46-22-8-3-9-23-46)47-36-32-43(33-37-47)61-53-28-14-10-24-49(53)50-25-11-15-29-54(50)61/h1-41H. The lowest BCUT2D eigenvalue weighted by Crippen LogP contribution is -2.74. The topological polar surface area (TPSA) is 14.8 Å². The van der Waals surface area contributed by atoms with Crippen LogP contribution in [-0.4, -0.2) is 21.8 Å². The molecule has 13 rings (SSSR count). The van der Waals surface area contributed by atoms with Crippen LogP contribution in [-0.2, 0) is 0 Å². The van der Waals surface area contributed by atoms with Gasteiger partial charge in [0.1, 0.15) is 0 Å². The highest BCUT2D eigenvalue weighted by Crippen LogP contribution is 2.42. The van der Waals surface area contributed by atoms with Gasteiger partial charge < -0.3 is 13.7 Å². The van der Waals surface area contributed by atoms with Gasteiger partial charge in [0.15, 0.2) is 8.07 Å². The maximum absolute atomic E-state index is 2.85. The van der Waals surface area contributed by atoms with Crippen LogP contribution < -0.4 is 20.7 Å². The van der Waals surface area contributed by atoms with Crippen LogP contribution in [0, 0.1) is 0 Å². The highest BCUT2D eigenvalue weighted by Gasteiger charge is 2.41. The van der Waals surface area contributed by atoms with Gasteiger partial charge in [0.05, 0.1) is 33.1 Å². The molecule has 0 saturated carbocycles. The van der Waals surface area contributed by atoms with Gasteiger partial charge >= 0.3 is 0 Å². The number of benzene rings is 10. The number of rotatable bonds is 7. The molecule has 4 heteroatoms. The van der Waals surface area contributed by atoms with Crippen molar-refractivity contribution in [1.29, 1.82) is 0 Å². The first-order valence-corrected chi connectivity index (χ1v) is 24.1. The molecule has 0 saturated heterocycles. The first-order valence-electron chi connectivity index (χ1n) is 22.1. The summed E-state index contributed by atoms with van der Waals surface area (Å²) in [5, 5.41) is 13.0. The maximum Gasteiger partial charge on any atom is 0.179 e. The molecular formula is C60H41N3Si. The Morgan fingerprint density at radius 3 is 0.891 bits per heavy atom. The van der Waals surface area contributed by atoms with E-state index in [1.807, 2.05) is 0 Å². The zero-order valence-corrected chi connectivity index (χ0v) is 36.0. The monoisotopic (exact) mass is 831 g/mol. The minimum atomic E-state index is -2.85. The normalized spacial score (nSPS) is 12.1. The highest BCUT2D eigenvalue weighted by molar-refractivity contribution is 7.19. The average Bonchev–Trinajstić information content (AvgIpc) is 4.01. The Balaban J connectivity index is 1.02. The van der Waals surface area contributed by atoms with Gasteiger partial charge in [-0.3, -0.25) is 0 Å². The molecule has 0 N–H and O–H groups in total. The lowest BCUT2D eigenvalue weighted by molar-refractivity contribution is 1.17. The quantitative estimate of drug-likeness (QED) is 0.112. The van der Waals surface area contributed by atoms with Gasteiger partial charge in [-0.05, 0) is 93.5 Å². The van der Waals surface area contributed by atoms with Gasteiger partial charge in [0, 0.05) is 49.4 Å². The second kappa shape index (κ2) is 14.5. The summed E-state index contributed by atoms with van der Waals surface area (Å²) in [5.74, 6) is 0. The molecule has 3 heterocycles. The second-order valence-corrected chi connectivity index (χ2v) is 20.6. The molecule has 0 bridgehead atoms. The average molecular weight is 832 g/mol. The van der Waals surface area contributed by atoms with Crippen molar-refractivity contribution in [3.63, 3.8) is 0 Å². The van der Waals surface area contributed by atoms with E-state index in [-0.39, 0.29) is 0 Å². The summed E-state index contributed by atoms with van der Waals surface area (Å²) < 4.78 is 7.30. The van der Waals surface area contributed by atoms with E-state index in [1.165, 1.54) is 91.9 Å². The molecule has 3 aromatic heterocycles. The molecular weight excluding hydrogens is 791 g/mol. The van der Waals surface area contributed by atoms with E-state index in [2.05, 4.69) is 262 Å². The van der Waals surface area contributed by atoms with Crippen LogP contribution in [0.5, 0.6) is 0 Å². The van der Waals surface area contributed by atoms with Crippen molar-refractivity contribution in [3.8, 4) is 17.1 Å². The highest BCUT2D eigenvalue weighted by atomic mass is 28.3. The third-order valence-electron chi connectivity index (χ3n) is 13.6. The fourth-order valence-corrected chi connectivity index (χ4v) is 15.7. The third kappa shape index (κ3) is 5.27. The summed E-state index contributed by atoms with van der Waals surface area (Å²) in [6.07, 6.45) is 0. The predicted octanol–water partition coefficient (Wildman–Crippen LogP) is 12.4. The zero-order valence-electron chi connectivity index (χ0n) is 35.0. The van der Waals surface area contributed by atoms with Crippen LogP contribution in [0.4, 0.5) is 0 Å². The van der Waals surface area contributed by atoms with Crippen LogP contribution in [0.3, 0.4) is 0 Å². The summed E-state index contributed by atoms with van der Waals surface area (Å²) >= 11 is 0. The van der Waals surface area contributed by atoms with Gasteiger partial charge in [0.25, 0.3) is 0 Å². The maximum atomic E-state index is 2.47. The fraction of sp³-hybridized carbons (Fsp3) is 0. The Labute approximate surface area is 372 Å². The van der Waals surface area contributed by atoms with Crippen LogP contribution >= 0.6 is 0 Å². The number of fused-ring (bicyclic) bond motifs is 10. The van der Waals surface area contributed by atoms with E-state index < -0.39 is 8.07 Å². The van der Waals surface area contributed by atoms with Gasteiger partial charge in [-0.1, -0.05) is 176 Å². The minimum Gasteiger partial charge on any atom is -0.309 e. The molecule has 0 aliphatic rings. The van der Waals surface area contributed by atoms with E-state index in [1.54, 1.807) is 0 Å². The largest absolute Gasteiger partial charge is 0.309 e. The van der Waals surface area contributed by atoms with Crippen molar-refractivity contribution in [2.45, 2.75) is 0 Å². The number of para-hydroxylation sites is 5. The molecule has 3 nitrogen and oxygen atoms in total. The van der Waals surface area contributed by atoms with E-state index >= 15 is 0 Å². The Kier molecular flexibility index (Phi) is 8.23. The van der Waals surface area contributed by atoms with Crippen molar-refractivity contribution in [3.05, 3.63) is 249 Å².